The van der Waals surface area contributed by atoms with Gasteiger partial charge in [0.15, 0.2) is 0 Å². The Kier molecular flexibility index (Phi) is 5.48. The highest BCUT2D eigenvalue weighted by atomic mass is 32.2. The molecule has 2 N–H and O–H groups in total. The van der Waals surface area contributed by atoms with Crippen LogP contribution in [-0.4, -0.2) is 27.8 Å². The summed E-state index contributed by atoms with van der Waals surface area (Å²) in [6.07, 6.45) is 3.33. The Morgan fingerprint density at radius 3 is 2.59 bits per heavy atom. The molecule has 114 valence electrons. The van der Waals surface area contributed by atoms with Crippen molar-refractivity contribution < 1.29 is 9.59 Å². The summed E-state index contributed by atoms with van der Waals surface area (Å²) in [5, 5.41) is 6.83. The van der Waals surface area contributed by atoms with E-state index in [0.717, 1.165) is 10.1 Å². The van der Waals surface area contributed by atoms with Crippen LogP contribution in [0.2, 0.25) is 0 Å². The first-order valence-electron chi connectivity index (χ1n) is 6.67. The first-order chi connectivity index (χ1) is 10.5. The summed E-state index contributed by atoms with van der Waals surface area (Å²) in [5.41, 5.74) is 0.621. The van der Waals surface area contributed by atoms with Crippen molar-refractivity contribution >= 4 is 29.3 Å². The van der Waals surface area contributed by atoms with Gasteiger partial charge in [0.2, 0.25) is 11.8 Å². The number of pyridine rings is 2. The number of amides is 2. The highest BCUT2D eigenvalue weighted by Crippen LogP contribution is 2.25. The van der Waals surface area contributed by atoms with Crippen molar-refractivity contribution in [2.45, 2.75) is 29.9 Å². The molecule has 0 aliphatic carbocycles. The zero-order valence-corrected chi connectivity index (χ0v) is 13.1. The van der Waals surface area contributed by atoms with Gasteiger partial charge in [-0.2, -0.15) is 0 Å². The largest absolute Gasteiger partial charge is 0.345 e. The summed E-state index contributed by atoms with van der Waals surface area (Å²) in [6, 6.07) is 8.49. The number of carbonyl (C=O) groups excluding carboxylic acids is 2. The van der Waals surface area contributed by atoms with Gasteiger partial charge in [-0.15, -0.1) is 0 Å². The summed E-state index contributed by atoms with van der Waals surface area (Å²) in [6.45, 7) is 3.00. The van der Waals surface area contributed by atoms with E-state index in [2.05, 4.69) is 20.6 Å². The number of hydrogen-bond donors (Lipinski definition) is 2. The second-order valence-corrected chi connectivity index (χ2v) is 5.60. The number of nitrogens with zero attached hydrogens (tertiary/aromatic N) is 2. The van der Waals surface area contributed by atoms with E-state index < -0.39 is 6.04 Å². The summed E-state index contributed by atoms with van der Waals surface area (Å²) in [4.78, 5) is 31.4. The molecule has 0 saturated carbocycles. The highest BCUT2D eigenvalue weighted by molar-refractivity contribution is 7.99. The monoisotopic (exact) mass is 316 g/mol. The molecular formula is C15H16N4O2S. The van der Waals surface area contributed by atoms with E-state index in [-0.39, 0.29) is 11.8 Å². The van der Waals surface area contributed by atoms with Crippen molar-refractivity contribution in [3.05, 3.63) is 42.7 Å². The van der Waals surface area contributed by atoms with Crippen molar-refractivity contribution in [3.8, 4) is 0 Å². The van der Waals surface area contributed by atoms with E-state index >= 15 is 0 Å². The molecular weight excluding hydrogens is 300 g/mol. The lowest BCUT2D eigenvalue weighted by molar-refractivity contribution is -0.124. The summed E-state index contributed by atoms with van der Waals surface area (Å²) in [7, 11) is 0. The molecule has 6 nitrogen and oxygen atoms in total. The second kappa shape index (κ2) is 7.56. The number of carbonyl (C=O) groups is 2. The minimum Gasteiger partial charge on any atom is -0.345 e. The molecule has 0 spiro atoms. The van der Waals surface area contributed by atoms with Crippen LogP contribution in [0.15, 0.2) is 52.8 Å². The molecule has 1 atom stereocenters. The third kappa shape index (κ3) is 4.85. The lowest BCUT2D eigenvalue weighted by Crippen LogP contribution is -2.40. The maximum Gasteiger partial charge on any atom is 0.246 e. The molecule has 2 rings (SSSR count). The molecule has 0 fully saturated rings. The first-order valence-corrected chi connectivity index (χ1v) is 7.49. The Bertz CT molecular complexity index is 664. The molecule has 0 radical (unpaired) electrons. The quantitative estimate of drug-likeness (QED) is 0.882. The van der Waals surface area contributed by atoms with Crippen molar-refractivity contribution in [1.29, 1.82) is 0 Å². The Morgan fingerprint density at radius 2 is 1.91 bits per heavy atom. The Morgan fingerprint density at radius 1 is 1.14 bits per heavy atom. The smallest absolute Gasteiger partial charge is 0.246 e. The zero-order chi connectivity index (χ0) is 15.9. The lowest BCUT2D eigenvalue weighted by atomic mass is 10.3. The number of anilines is 1. The molecule has 2 aromatic rings. The topological polar surface area (TPSA) is 84.0 Å². The predicted molar refractivity (Wildman–Crippen MR) is 84.5 cm³/mol. The van der Waals surface area contributed by atoms with Gasteiger partial charge in [-0.05, 0) is 31.2 Å². The second-order valence-electron chi connectivity index (χ2n) is 4.56. The van der Waals surface area contributed by atoms with Crippen LogP contribution in [-0.2, 0) is 9.59 Å². The van der Waals surface area contributed by atoms with Gasteiger partial charge in [-0.3, -0.25) is 9.59 Å². The van der Waals surface area contributed by atoms with Crippen LogP contribution in [0.25, 0.3) is 0 Å². The molecule has 2 heterocycles. The SMILES string of the molecule is CC(=O)NC(C)C(=O)Nc1ccnc(Sc2ccccn2)c1. The minimum atomic E-state index is -0.599. The van der Waals surface area contributed by atoms with E-state index in [1.165, 1.54) is 18.7 Å². The fraction of sp³-hybridized carbons (Fsp3) is 0.200. The maximum absolute atomic E-state index is 12.0. The van der Waals surface area contributed by atoms with E-state index in [1.807, 2.05) is 18.2 Å². The van der Waals surface area contributed by atoms with Gasteiger partial charge in [0, 0.05) is 25.0 Å². The average molecular weight is 316 g/mol. The molecule has 0 aliphatic rings. The molecule has 0 aromatic carbocycles. The van der Waals surface area contributed by atoms with Crippen LogP contribution < -0.4 is 10.6 Å². The third-order valence-electron chi connectivity index (χ3n) is 2.66. The van der Waals surface area contributed by atoms with Crippen molar-refractivity contribution in [2.24, 2.45) is 0 Å². The molecule has 2 amide bonds. The van der Waals surface area contributed by atoms with Gasteiger partial charge in [0.25, 0.3) is 0 Å². The van der Waals surface area contributed by atoms with Gasteiger partial charge in [-0.25, -0.2) is 9.97 Å². The predicted octanol–water partition coefficient (Wildman–Crippen LogP) is 2.09. The van der Waals surface area contributed by atoms with Gasteiger partial charge in [-0.1, -0.05) is 17.8 Å². The van der Waals surface area contributed by atoms with Crippen molar-refractivity contribution in [3.63, 3.8) is 0 Å². The van der Waals surface area contributed by atoms with E-state index in [9.17, 15) is 9.59 Å². The Balaban J connectivity index is 2.02. The van der Waals surface area contributed by atoms with E-state index in [4.69, 9.17) is 0 Å². The zero-order valence-electron chi connectivity index (χ0n) is 12.2. The summed E-state index contributed by atoms with van der Waals surface area (Å²) >= 11 is 1.40. The summed E-state index contributed by atoms with van der Waals surface area (Å²) in [5.74, 6) is -0.529. The fourth-order valence-electron chi connectivity index (χ4n) is 1.68. The average Bonchev–Trinajstić information content (AvgIpc) is 2.48. The van der Waals surface area contributed by atoms with E-state index in [0.29, 0.717) is 5.69 Å². The Labute approximate surface area is 132 Å². The van der Waals surface area contributed by atoms with Gasteiger partial charge in [0.1, 0.15) is 16.1 Å². The molecule has 2 aromatic heterocycles. The van der Waals surface area contributed by atoms with Crippen molar-refractivity contribution in [2.75, 3.05) is 5.32 Å². The Hall–Kier alpha value is -2.41. The first kappa shape index (κ1) is 16.0. The standard InChI is InChI=1S/C15H16N4O2S/c1-10(18-11(2)20)15(21)19-12-6-8-17-14(9-12)22-13-5-3-4-7-16-13/h3-10H,1-2H3,(H,18,20)(H,17,19,21). The maximum atomic E-state index is 12.0. The van der Waals surface area contributed by atoms with Crippen LogP contribution in [0, 0.1) is 0 Å². The van der Waals surface area contributed by atoms with Crippen LogP contribution in [0.3, 0.4) is 0 Å². The third-order valence-corrected chi connectivity index (χ3v) is 3.55. The van der Waals surface area contributed by atoms with E-state index in [1.54, 1.807) is 31.5 Å². The molecule has 0 aliphatic heterocycles. The van der Waals surface area contributed by atoms with Crippen molar-refractivity contribution in [1.82, 2.24) is 15.3 Å². The number of nitrogens with one attached hydrogen (secondary N) is 2. The van der Waals surface area contributed by atoms with Crippen LogP contribution >= 0.6 is 11.8 Å². The molecule has 1 unspecified atom stereocenters. The fourth-order valence-corrected chi connectivity index (χ4v) is 2.45. The number of hydrogen-bond acceptors (Lipinski definition) is 5. The van der Waals surface area contributed by atoms with Gasteiger partial charge < -0.3 is 10.6 Å². The molecule has 0 bridgehead atoms. The summed E-state index contributed by atoms with van der Waals surface area (Å²) < 4.78 is 0. The van der Waals surface area contributed by atoms with Gasteiger partial charge in [0.05, 0.1) is 0 Å². The minimum absolute atomic E-state index is 0.247. The highest BCUT2D eigenvalue weighted by Gasteiger charge is 2.14. The van der Waals surface area contributed by atoms with Crippen LogP contribution in [0.5, 0.6) is 0 Å². The lowest BCUT2D eigenvalue weighted by Gasteiger charge is -2.13. The normalized spacial score (nSPS) is 11.5. The van der Waals surface area contributed by atoms with Crippen LogP contribution in [0.4, 0.5) is 5.69 Å². The molecule has 22 heavy (non-hydrogen) atoms. The number of rotatable bonds is 5. The molecule has 0 saturated heterocycles. The molecule has 7 heteroatoms. The van der Waals surface area contributed by atoms with Gasteiger partial charge >= 0.3 is 0 Å². The number of aromatic nitrogens is 2. The van der Waals surface area contributed by atoms with Crippen LogP contribution in [0.1, 0.15) is 13.8 Å².